The molecule has 0 amide bonds. The molecule has 0 bridgehead atoms. The summed E-state index contributed by atoms with van der Waals surface area (Å²) in [6, 6.07) is 15.8. The number of rotatable bonds is 6. The maximum absolute atomic E-state index is 13.1. The predicted molar refractivity (Wildman–Crippen MR) is 99.7 cm³/mol. The zero-order valence-electron chi connectivity index (χ0n) is 15.0. The molecule has 0 aliphatic rings. The van der Waals surface area contributed by atoms with Crippen LogP contribution in [0.25, 0.3) is 11.4 Å². The van der Waals surface area contributed by atoms with Crippen LogP contribution in [0.4, 0.5) is 10.2 Å². The van der Waals surface area contributed by atoms with Gasteiger partial charge in [-0.25, -0.2) is 9.37 Å². The van der Waals surface area contributed by atoms with E-state index in [1.54, 1.807) is 25.3 Å². The molecule has 3 rings (SSSR count). The fraction of sp³-hybridized carbons (Fsp3) is 0.250. The van der Waals surface area contributed by atoms with Gasteiger partial charge in [-0.1, -0.05) is 32.0 Å². The van der Waals surface area contributed by atoms with E-state index in [2.05, 4.69) is 34.3 Å². The normalized spacial score (nSPS) is 11.2. The molecule has 0 spiro atoms. The van der Waals surface area contributed by atoms with Crippen molar-refractivity contribution >= 4 is 5.82 Å². The molecule has 0 radical (unpaired) electrons. The van der Waals surface area contributed by atoms with Gasteiger partial charge in [-0.3, -0.25) is 0 Å². The molecule has 0 fully saturated rings. The van der Waals surface area contributed by atoms with Crippen LogP contribution in [0.3, 0.4) is 0 Å². The highest BCUT2D eigenvalue weighted by Crippen LogP contribution is 2.24. The van der Waals surface area contributed by atoms with Crippen LogP contribution in [0, 0.1) is 5.82 Å². The van der Waals surface area contributed by atoms with Crippen molar-refractivity contribution in [2.45, 2.75) is 19.3 Å². The smallest absolute Gasteiger partial charge is 0.213 e. The van der Waals surface area contributed by atoms with Crippen LogP contribution >= 0.6 is 0 Å². The van der Waals surface area contributed by atoms with E-state index in [1.165, 1.54) is 12.1 Å². The first-order valence-electron chi connectivity index (χ1n) is 8.33. The molecule has 6 heteroatoms. The molecule has 1 N–H and O–H groups in total. The molecule has 3 aromatic rings. The number of hydrogen-bond donors (Lipinski definition) is 1. The molecule has 2 heterocycles. The minimum absolute atomic E-state index is 0.178. The average molecular weight is 352 g/mol. The van der Waals surface area contributed by atoms with Gasteiger partial charge in [0, 0.05) is 18.0 Å². The van der Waals surface area contributed by atoms with E-state index in [0.717, 1.165) is 5.56 Å². The van der Waals surface area contributed by atoms with Crippen molar-refractivity contribution in [2.75, 3.05) is 19.0 Å². The van der Waals surface area contributed by atoms with Crippen LogP contribution < -0.4 is 10.1 Å². The van der Waals surface area contributed by atoms with E-state index in [-0.39, 0.29) is 11.2 Å². The summed E-state index contributed by atoms with van der Waals surface area (Å²) >= 11 is 0. The van der Waals surface area contributed by atoms with Crippen molar-refractivity contribution in [3.05, 3.63) is 66.0 Å². The molecular formula is C20H21FN4O. The Morgan fingerprint density at radius 3 is 2.38 bits per heavy atom. The Balaban J connectivity index is 1.68. The van der Waals surface area contributed by atoms with Crippen LogP contribution in [0.5, 0.6) is 5.88 Å². The van der Waals surface area contributed by atoms with E-state index >= 15 is 0 Å². The van der Waals surface area contributed by atoms with Gasteiger partial charge in [-0.15, -0.1) is 10.2 Å². The molecule has 0 aliphatic heterocycles. The molecule has 0 saturated carbocycles. The van der Waals surface area contributed by atoms with Crippen molar-refractivity contribution in [3.63, 3.8) is 0 Å². The lowest BCUT2D eigenvalue weighted by molar-refractivity contribution is 0.398. The van der Waals surface area contributed by atoms with Gasteiger partial charge in [0.25, 0.3) is 0 Å². The molecule has 2 aromatic heterocycles. The second-order valence-electron chi connectivity index (χ2n) is 6.61. The molecule has 1 aromatic carbocycles. The maximum Gasteiger partial charge on any atom is 0.213 e. The summed E-state index contributed by atoms with van der Waals surface area (Å²) in [6.45, 7) is 4.83. The van der Waals surface area contributed by atoms with Gasteiger partial charge < -0.3 is 10.1 Å². The minimum Gasteiger partial charge on any atom is -0.481 e. The molecule has 0 atom stereocenters. The van der Waals surface area contributed by atoms with Crippen molar-refractivity contribution in [1.29, 1.82) is 0 Å². The maximum atomic E-state index is 13.1. The summed E-state index contributed by atoms with van der Waals surface area (Å²) in [6.07, 6.45) is 0. The van der Waals surface area contributed by atoms with Crippen LogP contribution in [0.2, 0.25) is 0 Å². The quantitative estimate of drug-likeness (QED) is 0.724. The van der Waals surface area contributed by atoms with Gasteiger partial charge in [0.15, 0.2) is 0 Å². The monoisotopic (exact) mass is 352 g/mol. The van der Waals surface area contributed by atoms with Gasteiger partial charge in [0.2, 0.25) is 5.88 Å². The van der Waals surface area contributed by atoms with Crippen LogP contribution in [0.1, 0.15) is 19.4 Å². The van der Waals surface area contributed by atoms with Crippen LogP contribution in [-0.4, -0.2) is 28.8 Å². The average Bonchev–Trinajstić information content (AvgIpc) is 2.67. The Morgan fingerprint density at radius 2 is 1.73 bits per heavy atom. The Labute approximate surface area is 152 Å². The molecule has 134 valence electrons. The fourth-order valence-electron chi connectivity index (χ4n) is 2.55. The van der Waals surface area contributed by atoms with E-state index < -0.39 is 0 Å². The van der Waals surface area contributed by atoms with E-state index in [1.807, 2.05) is 24.3 Å². The third-order valence-electron chi connectivity index (χ3n) is 4.20. The Kier molecular flexibility index (Phi) is 5.11. The van der Waals surface area contributed by atoms with Crippen molar-refractivity contribution in [3.8, 4) is 17.3 Å². The zero-order chi connectivity index (χ0) is 18.6. The Hall–Kier alpha value is -3.02. The largest absolute Gasteiger partial charge is 0.481 e. The first kappa shape index (κ1) is 17.8. The number of methoxy groups -OCH3 is 1. The second kappa shape index (κ2) is 7.47. The first-order valence-corrected chi connectivity index (χ1v) is 8.33. The lowest BCUT2D eigenvalue weighted by Crippen LogP contribution is -2.28. The number of pyridine rings is 1. The van der Waals surface area contributed by atoms with Crippen LogP contribution in [0.15, 0.2) is 54.6 Å². The summed E-state index contributed by atoms with van der Waals surface area (Å²) in [5.41, 5.74) is 2.25. The Bertz CT molecular complexity index is 864. The summed E-state index contributed by atoms with van der Waals surface area (Å²) in [5.74, 6) is 0.976. The third kappa shape index (κ3) is 4.14. The third-order valence-corrected chi connectivity index (χ3v) is 4.20. The molecular weight excluding hydrogens is 331 g/mol. The number of benzene rings is 1. The number of nitrogens with one attached hydrogen (secondary N) is 1. The first-order chi connectivity index (χ1) is 12.5. The lowest BCUT2D eigenvalue weighted by atomic mass is 9.84. The molecule has 26 heavy (non-hydrogen) atoms. The SMILES string of the molecule is COc1cccc(-c2ccc(NCC(C)(C)c3ccc(F)cc3)nn2)n1. The van der Waals surface area contributed by atoms with E-state index in [4.69, 9.17) is 4.74 Å². The van der Waals surface area contributed by atoms with Gasteiger partial charge in [0.1, 0.15) is 17.3 Å². The van der Waals surface area contributed by atoms with Crippen molar-refractivity contribution < 1.29 is 9.13 Å². The molecule has 0 saturated heterocycles. The number of aromatic nitrogens is 3. The predicted octanol–water partition coefficient (Wildman–Crippen LogP) is 4.08. The zero-order valence-corrected chi connectivity index (χ0v) is 15.0. The standard InChI is InChI=1S/C20H21FN4O/c1-20(2,14-7-9-15(21)10-8-14)13-22-18-12-11-17(24-25-18)16-5-4-6-19(23-16)26-3/h4-12H,13H2,1-3H3,(H,22,25). The summed E-state index contributed by atoms with van der Waals surface area (Å²) in [7, 11) is 1.58. The Morgan fingerprint density at radius 1 is 0.962 bits per heavy atom. The highest BCUT2D eigenvalue weighted by Gasteiger charge is 2.20. The topological polar surface area (TPSA) is 59.9 Å². The number of anilines is 1. The van der Waals surface area contributed by atoms with Gasteiger partial charge in [0.05, 0.1) is 12.8 Å². The van der Waals surface area contributed by atoms with Crippen molar-refractivity contribution in [2.24, 2.45) is 0 Å². The van der Waals surface area contributed by atoms with E-state index in [0.29, 0.717) is 29.6 Å². The molecule has 0 unspecified atom stereocenters. The number of nitrogens with zero attached hydrogens (tertiary/aromatic N) is 3. The summed E-state index contributed by atoms with van der Waals surface area (Å²) in [5, 5.41) is 11.7. The summed E-state index contributed by atoms with van der Waals surface area (Å²) < 4.78 is 18.2. The fourth-order valence-corrected chi connectivity index (χ4v) is 2.55. The number of ether oxygens (including phenoxy) is 1. The number of halogens is 1. The molecule has 0 aliphatic carbocycles. The highest BCUT2D eigenvalue weighted by atomic mass is 19.1. The van der Waals surface area contributed by atoms with Crippen molar-refractivity contribution in [1.82, 2.24) is 15.2 Å². The highest BCUT2D eigenvalue weighted by molar-refractivity contribution is 5.55. The summed E-state index contributed by atoms with van der Waals surface area (Å²) in [4.78, 5) is 4.35. The lowest BCUT2D eigenvalue weighted by Gasteiger charge is -2.25. The van der Waals surface area contributed by atoms with Gasteiger partial charge in [-0.2, -0.15) is 0 Å². The van der Waals surface area contributed by atoms with Gasteiger partial charge >= 0.3 is 0 Å². The van der Waals surface area contributed by atoms with Gasteiger partial charge in [-0.05, 0) is 35.9 Å². The molecule has 5 nitrogen and oxygen atoms in total. The minimum atomic E-state index is -0.231. The second-order valence-corrected chi connectivity index (χ2v) is 6.61. The van der Waals surface area contributed by atoms with Crippen LogP contribution in [-0.2, 0) is 5.41 Å². The van der Waals surface area contributed by atoms with E-state index in [9.17, 15) is 4.39 Å². The number of hydrogen-bond acceptors (Lipinski definition) is 5.